The van der Waals surface area contributed by atoms with E-state index in [1.165, 1.54) is 0 Å². The van der Waals surface area contributed by atoms with Crippen LogP contribution in [0.4, 0.5) is 0 Å². The highest BCUT2D eigenvalue weighted by molar-refractivity contribution is 6.31. The number of benzene rings is 2. The van der Waals surface area contributed by atoms with E-state index >= 15 is 0 Å². The summed E-state index contributed by atoms with van der Waals surface area (Å²) in [4.78, 5) is 11.5. The van der Waals surface area contributed by atoms with Gasteiger partial charge in [-0.05, 0) is 55.7 Å². The summed E-state index contributed by atoms with van der Waals surface area (Å²) in [7, 11) is 0. The van der Waals surface area contributed by atoms with Gasteiger partial charge in [0.15, 0.2) is 6.10 Å². The van der Waals surface area contributed by atoms with Crippen molar-refractivity contribution >= 4 is 17.6 Å². The average molecular weight is 319 g/mol. The van der Waals surface area contributed by atoms with Crippen molar-refractivity contribution in [2.24, 2.45) is 0 Å². The van der Waals surface area contributed by atoms with Gasteiger partial charge < -0.3 is 9.84 Å². The molecule has 2 rings (SSSR count). The normalized spacial score (nSPS) is 12.0. The van der Waals surface area contributed by atoms with Crippen LogP contribution in [0.5, 0.6) is 5.75 Å². The zero-order chi connectivity index (χ0) is 16.3. The Bertz CT molecular complexity index is 695. The van der Waals surface area contributed by atoms with Gasteiger partial charge in [0.2, 0.25) is 0 Å². The van der Waals surface area contributed by atoms with Crippen LogP contribution >= 0.6 is 11.6 Å². The van der Waals surface area contributed by atoms with Gasteiger partial charge >= 0.3 is 5.97 Å². The van der Waals surface area contributed by atoms with E-state index in [0.29, 0.717) is 17.2 Å². The quantitative estimate of drug-likeness (QED) is 0.892. The van der Waals surface area contributed by atoms with Crippen molar-refractivity contribution < 1.29 is 14.6 Å². The number of halogens is 1. The van der Waals surface area contributed by atoms with Crippen LogP contribution in [-0.4, -0.2) is 17.2 Å². The third-order valence-electron chi connectivity index (χ3n) is 3.59. The molecule has 0 heterocycles. The molecule has 0 aliphatic heterocycles. The Labute approximate surface area is 135 Å². The maximum Gasteiger partial charge on any atom is 0.345 e. The summed E-state index contributed by atoms with van der Waals surface area (Å²) in [5, 5.41) is 10.0. The second-order valence-corrected chi connectivity index (χ2v) is 5.90. The van der Waals surface area contributed by atoms with E-state index in [1.807, 2.05) is 39.0 Å². The van der Waals surface area contributed by atoms with Gasteiger partial charge in [-0.25, -0.2) is 4.79 Å². The lowest BCUT2D eigenvalue weighted by molar-refractivity contribution is -0.145. The lowest BCUT2D eigenvalue weighted by Crippen LogP contribution is -2.29. The predicted molar refractivity (Wildman–Crippen MR) is 87.9 cm³/mol. The van der Waals surface area contributed by atoms with Crippen LogP contribution in [0, 0.1) is 20.8 Å². The summed E-state index contributed by atoms with van der Waals surface area (Å²) >= 11 is 5.97. The molecule has 1 atom stereocenters. The summed E-state index contributed by atoms with van der Waals surface area (Å²) in [6, 6.07) is 11.1. The van der Waals surface area contributed by atoms with E-state index in [9.17, 15) is 9.90 Å². The minimum absolute atomic E-state index is 0.323. The lowest BCUT2D eigenvalue weighted by atomic mass is 10.0. The molecule has 0 saturated carbocycles. The van der Waals surface area contributed by atoms with E-state index in [2.05, 4.69) is 0 Å². The SMILES string of the molecule is Cc1ccc(CC(Oc2ccc(Cl)c(C)c2)C(=O)O)c(C)c1. The van der Waals surface area contributed by atoms with Crippen LogP contribution < -0.4 is 4.74 Å². The third-order valence-corrected chi connectivity index (χ3v) is 4.01. The molecule has 0 bridgehead atoms. The summed E-state index contributed by atoms with van der Waals surface area (Å²) in [5.74, 6) is -0.466. The minimum atomic E-state index is -0.979. The Hall–Kier alpha value is -2.00. The number of hydrogen-bond donors (Lipinski definition) is 1. The Morgan fingerprint density at radius 3 is 2.45 bits per heavy atom. The Morgan fingerprint density at radius 1 is 1.14 bits per heavy atom. The molecule has 2 aromatic carbocycles. The number of aryl methyl sites for hydroxylation is 3. The second kappa shape index (κ2) is 6.84. The fourth-order valence-electron chi connectivity index (χ4n) is 2.31. The number of hydrogen-bond acceptors (Lipinski definition) is 2. The topological polar surface area (TPSA) is 46.5 Å². The van der Waals surface area contributed by atoms with Crippen LogP contribution in [0.25, 0.3) is 0 Å². The fraction of sp³-hybridized carbons (Fsp3) is 0.278. The van der Waals surface area contributed by atoms with Crippen molar-refractivity contribution in [2.75, 3.05) is 0 Å². The first-order valence-corrected chi connectivity index (χ1v) is 7.46. The molecule has 1 N–H and O–H groups in total. The molecule has 0 amide bonds. The highest BCUT2D eigenvalue weighted by Crippen LogP contribution is 2.23. The van der Waals surface area contributed by atoms with Gasteiger partial charge in [-0.15, -0.1) is 0 Å². The van der Waals surface area contributed by atoms with Crippen LogP contribution in [-0.2, 0) is 11.2 Å². The van der Waals surface area contributed by atoms with E-state index in [0.717, 1.165) is 22.3 Å². The first-order chi connectivity index (χ1) is 10.4. The summed E-state index contributed by atoms with van der Waals surface area (Å²) in [6.45, 7) is 5.85. The molecule has 0 spiro atoms. The molecule has 0 saturated heterocycles. The van der Waals surface area contributed by atoms with Crippen LogP contribution in [0.2, 0.25) is 5.02 Å². The molecule has 0 aromatic heterocycles. The molecule has 0 radical (unpaired) electrons. The van der Waals surface area contributed by atoms with Gasteiger partial charge in [0.1, 0.15) is 5.75 Å². The van der Waals surface area contributed by atoms with Crippen LogP contribution in [0.1, 0.15) is 22.3 Å². The molecule has 3 nitrogen and oxygen atoms in total. The maximum absolute atomic E-state index is 11.5. The standard InChI is InChI=1S/C18H19ClO3/c1-11-4-5-14(12(2)8-11)10-17(18(20)21)22-15-6-7-16(19)13(3)9-15/h4-9,17H,10H2,1-3H3,(H,20,21). The Kier molecular flexibility index (Phi) is 5.09. The lowest BCUT2D eigenvalue weighted by Gasteiger charge is -2.17. The van der Waals surface area contributed by atoms with Crippen molar-refractivity contribution in [3.8, 4) is 5.75 Å². The molecule has 4 heteroatoms. The number of carboxylic acids is 1. The number of aliphatic carboxylic acids is 1. The van der Waals surface area contributed by atoms with Gasteiger partial charge in [0.05, 0.1) is 0 Å². The maximum atomic E-state index is 11.5. The Morgan fingerprint density at radius 2 is 1.86 bits per heavy atom. The van der Waals surface area contributed by atoms with Gasteiger partial charge in [-0.2, -0.15) is 0 Å². The van der Waals surface area contributed by atoms with Gasteiger partial charge in [-0.1, -0.05) is 35.4 Å². The monoisotopic (exact) mass is 318 g/mol. The minimum Gasteiger partial charge on any atom is -0.478 e. The fourth-order valence-corrected chi connectivity index (χ4v) is 2.43. The van der Waals surface area contributed by atoms with E-state index < -0.39 is 12.1 Å². The molecule has 0 fully saturated rings. The van der Waals surface area contributed by atoms with Crippen molar-refractivity contribution in [3.63, 3.8) is 0 Å². The van der Waals surface area contributed by atoms with Crippen molar-refractivity contribution in [2.45, 2.75) is 33.3 Å². The zero-order valence-corrected chi connectivity index (χ0v) is 13.6. The van der Waals surface area contributed by atoms with Crippen molar-refractivity contribution in [1.82, 2.24) is 0 Å². The average Bonchev–Trinajstić information content (AvgIpc) is 2.44. The van der Waals surface area contributed by atoms with E-state index in [4.69, 9.17) is 16.3 Å². The largest absolute Gasteiger partial charge is 0.478 e. The van der Waals surface area contributed by atoms with Gasteiger partial charge in [0.25, 0.3) is 0 Å². The van der Waals surface area contributed by atoms with Crippen LogP contribution in [0.15, 0.2) is 36.4 Å². The van der Waals surface area contributed by atoms with E-state index in [1.54, 1.807) is 18.2 Å². The molecule has 22 heavy (non-hydrogen) atoms. The Balaban J connectivity index is 2.19. The molecule has 116 valence electrons. The molecule has 1 unspecified atom stereocenters. The van der Waals surface area contributed by atoms with E-state index in [-0.39, 0.29) is 0 Å². The summed E-state index contributed by atoms with van der Waals surface area (Å²) < 4.78 is 5.64. The number of carbonyl (C=O) groups is 1. The third kappa shape index (κ3) is 4.01. The smallest absolute Gasteiger partial charge is 0.345 e. The number of carboxylic acid groups (broad SMARTS) is 1. The molecule has 0 aliphatic rings. The van der Waals surface area contributed by atoms with Gasteiger partial charge in [-0.3, -0.25) is 0 Å². The number of ether oxygens (including phenoxy) is 1. The first kappa shape index (κ1) is 16.4. The molecule has 0 aliphatic carbocycles. The summed E-state index contributed by atoms with van der Waals surface area (Å²) in [5.41, 5.74) is 4.06. The van der Waals surface area contributed by atoms with Crippen LogP contribution in [0.3, 0.4) is 0 Å². The van der Waals surface area contributed by atoms with Crippen molar-refractivity contribution in [3.05, 3.63) is 63.7 Å². The zero-order valence-electron chi connectivity index (χ0n) is 12.9. The molecular weight excluding hydrogens is 300 g/mol. The van der Waals surface area contributed by atoms with Crippen molar-refractivity contribution in [1.29, 1.82) is 0 Å². The molecule has 2 aromatic rings. The predicted octanol–water partition coefficient (Wildman–Crippen LogP) is 4.34. The first-order valence-electron chi connectivity index (χ1n) is 7.08. The highest BCUT2D eigenvalue weighted by Gasteiger charge is 2.21. The van der Waals surface area contributed by atoms with Gasteiger partial charge in [0, 0.05) is 11.4 Å². The second-order valence-electron chi connectivity index (χ2n) is 5.49. The molecular formula is C18H19ClO3. The number of rotatable bonds is 5. The summed E-state index contributed by atoms with van der Waals surface area (Å²) in [6.07, 6.45) is -0.606. The highest BCUT2D eigenvalue weighted by atomic mass is 35.5.